The summed E-state index contributed by atoms with van der Waals surface area (Å²) < 4.78 is 0. The van der Waals surface area contributed by atoms with Crippen LogP contribution in [-0.2, 0) is 9.59 Å². The van der Waals surface area contributed by atoms with Gasteiger partial charge in [-0.2, -0.15) is 13.3 Å². The van der Waals surface area contributed by atoms with E-state index in [9.17, 15) is 9.59 Å². The van der Waals surface area contributed by atoms with Crippen LogP contribution in [0.15, 0.2) is 0 Å². The van der Waals surface area contributed by atoms with Crippen molar-refractivity contribution in [3.63, 3.8) is 0 Å². The zero-order valence-corrected chi connectivity index (χ0v) is 9.70. The van der Waals surface area contributed by atoms with Crippen molar-refractivity contribution < 1.29 is 49.4 Å². The monoisotopic (exact) mass is 184 g/mol. The van der Waals surface area contributed by atoms with Gasteiger partial charge in [0.1, 0.15) is 6.42 Å². The molecule has 0 saturated carbocycles. The maximum absolute atomic E-state index is 9.43. The normalized spacial score (nSPS) is 7.17. The van der Waals surface area contributed by atoms with Crippen LogP contribution >= 0.6 is 0 Å². The zero-order chi connectivity index (χ0) is 9.28. The Balaban J connectivity index is -0.000000142. The Hall–Kier alpha value is -0.0600. The fourth-order valence-corrected chi connectivity index (χ4v) is 0.129. The Kier molecular flexibility index (Phi) is 20.2. The molecule has 0 aromatic heterocycles. The SMILES string of the molecule is C[CH-]CC.O=C(O)CC(=O)O.[Na+]. The third kappa shape index (κ3) is 32.6. The summed E-state index contributed by atoms with van der Waals surface area (Å²) in [5.74, 6) is -2.62. The van der Waals surface area contributed by atoms with Crippen molar-refractivity contribution in [3.05, 3.63) is 6.42 Å². The van der Waals surface area contributed by atoms with Crippen molar-refractivity contribution in [2.24, 2.45) is 0 Å². The summed E-state index contributed by atoms with van der Waals surface area (Å²) in [5, 5.41) is 15.4. The Bertz CT molecular complexity index is 111. The minimum absolute atomic E-state index is 0. The number of aliphatic carboxylic acids is 2. The Morgan fingerprint density at radius 1 is 1.25 bits per heavy atom. The van der Waals surface area contributed by atoms with Crippen molar-refractivity contribution >= 4 is 11.9 Å². The fourth-order valence-electron chi connectivity index (χ4n) is 0.129. The second-order valence-electron chi connectivity index (χ2n) is 1.78. The van der Waals surface area contributed by atoms with Gasteiger partial charge in [0.05, 0.1) is 0 Å². The van der Waals surface area contributed by atoms with E-state index in [1.807, 2.05) is 0 Å². The van der Waals surface area contributed by atoms with E-state index in [1.165, 1.54) is 6.42 Å². The predicted octanol–water partition coefficient (Wildman–Crippen LogP) is -1.83. The first-order valence-electron chi connectivity index (χ1n) is 3.26. The van der Waals surface area contributed by atoms with E-state index in [4.69, 9.17) is 10.2 Å². The molecule has 0 spiro atoms. The first-order chi connectivity index (χ1) is 5.04. The molecule has 0 bridgehead atoms. The molecule has 0 amide bonds. The molecule has 0 atom stereocenters. The number of carboxylic acids is 2. The molecule has 0 aromatic rings. The molecule has 0 aromatic carbocycles. The number of carbonyl (C=O) groups is 2. The summed E-state index contributed by atoms with van der Waals surface area (Å²) in [6, 6.07) is 0. The summed E-state index contributed by atoms with van der Waals surface area (Å²) in [4.78, 5) is 18.9. The molecule has 0 rings (SSSR count). The molecule has 0 unspecified atom stereocenters. The first-order valence-corrected chi connectivity index (χ1v) is 3.26. The van der Waals surface area contributed by atoms with E-state index in [1.54, 1.807) is 0 Å². The maximum atomic E-state index is 9.43. The molecule has 12 heavy (non-hydrogen) atoms. The van der Waals surface area contributed by atoms with Gasteiger partial charge in [-0.3, -0.25) is 9.59 Å². The largest absolute Gasteiger partial charge is 1.00 e. The molecule has 0 radical (unpaired) electrons. The number of rotatable bonds is 3. The van der Waals surface area contributed by atoms with Crippen LogP contribution in [0, 0.1) is 6.42 Å². The van der Waals surface area contributed by atoms with Crippen LogP contribution in [-0.4, -0.2) is 22.2 Å². The Morgan fingerprint density at radius 3 is 1.50 bits per heavy atom. The van der Waals surface area contributed by atoms with Crippen molar-refractivity contribution in [3.8, 4) is 0 Å². The molecule has 0 heterocycles. The summed E-state index contributed by atoms with van der Waals surface area (Å²) in [6.07, 6.45) is 2.51. The minimum atomic E-state index is -1.31. The minimum Gasteiger partial charge on any atom is -0.481 e. The average molecular weight is 184 g/mol. The van der Waals surface area contributed by atoms with Crippen molar-refractivity contribution in [2.45, 2.75) is 26.7 Å². The van der Waals surface area contributed by atoms with Gasteiger partial charge >= 0.3 is 41.5 Å². The smallest absolute Gasteiger partial charge is 0.481 e. The second-order valence-corrected chi connectivity index (χ2v) is 1.78. The van der Waals surface area contributed by atoms with Gasteiger partial charge in [0.25, 0.3) is 0 Å². The van der Waals surface area contributed by atoms with Crippen molar-refractivity contribution in [1.82, 2.24) is 0 Å². The molecular weight excluding hydrogens is 171 g/mol. The molecule has 0 aliphatic carbocycles. The number of hydrogen-bond donors (Lipinski definition) is 2. The number of hydrogen-bond acceptors (Lipinski definition) is 2. The van der Waals surface area contributed by atoms with Gasteiger partial charge in [0, 0.05) is 0 Å². The van der Waals surface area contributed by atoms with E-state index in [2.05, 4.69) is 20.3 Å². The molecule has 5 heteroatoms. The topological polar surface area (TPSA) is 74.6 Å². The van der Waals surface area contributed by atoms with E-state index < -0.39 is 18.4 Å². The van der Waals surface area contributed by atoms with Crippen LogP contribution in [0.25, 0.3) is 0 Å². The van der Waals surface area contributed by atoms with Gasteiger partial charge in [0.15, 0.2) is 0 Å². The van der Waals surface area contributed by atoms with Crippen LogP contribution in [0.3, 0.4) is 0 Å². The van der Waals surface area contributed by atoms with E-state index >= 15 is 0 Å². The molecule has 0 aliphatic rings. The predicted molar refractivity (Wildman–Crippen MR) is 40.2 cm³/mol. The summed E-state index contributed by atoms with van der Waals surface area (Å²) >= 11 is 0. The summed E-state index contributed by atoms with van der Waals surface area (Å²) in [5.41, 5.74) is 0. The molecule has 0 saturated heterocycles. The van der Waals surface area contributed by atoms with Crippen LogP contribution in [0.1, 0.15) is 26.7 Å². The molecule has 0 fully saturated rings. The molecular formula is C7H13NaO4. The van der Waals surface area contributed by atoms with Crippen LogP contribution in [0.2, 0.25) is 0 Å². The second kappa shape index (κ2) is 13.5. The van der Waals surface area contributed by atoms with Gasteiger partial charge < -0.3 is 16.6 Å². The summed E-state index contributed by atoms with van der Waals surface area (Å²) in [7, 11) is 0. The van der Waals surface area contributed by atoms with Crippen LogP contribution in [0.5, 0.6) is 0 Å². The van der Waals surface area contributed by atoms with E-state index in [-0.39, 0.29) is 29.6 Å². The Labute approximate surface area is 94.3 Å². The third-order valence-corrected chi connectivity index (χ3v) is 0.711. The molecule has 0 aliphatic heterocycles. The van der Waals surface area contributed by atoms with Gasteiger partial charge in [-0.1, -0.05) is 6.92 Å². The van der Waals surface area contributed by atoms with Gasteiger partial charge in [0.2, 0.25) is 0 Å². The van der Waals surface area contributed by atoms with Crippen LogP contribution in [0.4, 0.5) is 0 Å². The first kappa shape index (κ1) is 17.9. The van der Waals surface area contributed by atoms with E-state index in [0.717, 1.165) is 0 Å². The van der Waals surface area contributed by atoms with Gasteiger partial charge in [-0.15, -0.1) is 0 Å². The van der Waals surface area contributed by atoms with Crippen molar-refractivity contribution in [1.29, 1.82) is 0 Å². The third-order valence-electron chi connectivity index (χ3n) is 0.711. The van der Waals surface area contributed by atoms with E-state index in [0.29, 0.717) is 0 Å². The van der Waals surface area contributed by atoms with Gasteiger partial charge in [-0.05, 0) is 0 Å². The van der Waals surface area contributed by atoms with Crippen LogP contribution < -0.4 is 29.6 Å². The number of unbranched alkanes of at least 4 members (excludes halogenated alkanes) is 1. The molecule has 4 nitrogen and oxygen atoms in total. The summed E-state index contributed by atoms with van der Waals surface area (Å²) in [6.45, 7) is 4.18. The molecule has 66 valence electrons. The average Bonchev–Trinajstić information content (AvgIpc) is 1.85. The number of carboxylic acid groups (broad SMARTS) is 2. The zero-order valence-electron chi connectivity index (χ0n) is 7.70. The molecule has 2 N–H and O–H groups in total. The van der Waals surface area contributed by atoms with Gasteiger partial charge in [-0.25, -0.2) is 0 Å². The quantitative estimate of drug-likeness (QED) is 0.307. The maximum Gasteiger partial charge on any atom is 1.00 e. The standard InChI is InChI=1S/C4H9.C3H4O4.Na/c1-3-4-2;4-2(5)1-3(6)7;/h3H,4H2,1-2H3;1H2,(H,4,5)(H,6,7);/q-1;;+1. The fraction of sp³-hybridized carbons (Fsp3) is 0.571. The van der Waals surface area contributed by atoms with Crippen molar-refractivity contribution in [2.75, 3.05) is 0 Å². The Morgan fingerprint density at radius 2 is 1.50 bits per heavy atom.